The van der Waals surface area contributed by atoms with E-state index in [9.17, 15) is 10.1 Å². The van der Waals surface area contributed by atoms with Gasteiger partial charge in [-0.05, 0) is 33.1 Å². The van der Waals surface area contributed by atoms with Crippen molar-refractivity contribution in [3.8, 4) is 6.07 Å². The second-order valence-corrected chi connectivity index (χ2v) is 5.79. The number of nitriles is 1. The molecule has 4 nitrogen and oxygen atoms in total. The van der Waals surface area contributed by atoms with Crippen LogP contribution in [0.5, 0.6) is 0 Å². The molecule has 1 aromatic heterocycles. The van der Waals surface area contributed by atoms with Gasteiger partial charge in [-0.2, -0.15) is 5.26 Å². The molecule has 0 aromatic carbocycles. The molecular weight excluding hydrogens is 272 g/mol. The summed E-state index contributed by atoms with van der Waals surface area (Å²) in [5.74, 6) is -0.250. The fraction of sp³-hybridized carbons (Fsp3) is 0.600. The van der Waals surface area contributed by atoms with Gasteiger partial charge in [-0.15, -0.1) is 11.3 Å². The molecule has 0 radical (unpaired) electrons. The van der Waals surface area contributed by atoms with Crippen molar-refractivity contribution < 1.29 is 9.53 Å². The molecular formula is C15H22N2O2S. The number of rotatable bonds is 2. The van der Waals surface area contributed by atoms with Crippen LogP contribution in [0.25, 0.3) is 0 Å². The maximum atomic E-state index is 12.2. The number of thiophene rings is 1. The number of hydrogen-bond donors (Lipinski definition) is 1. The molecule has 1 heterocycles. The maximum absolute atomic E-state index is 12.2. The molecule has 2 N–H and O–H groups in total. The van der Waals surface area contributed by atoms with Crippen molar-refractivity contribution in [2.24, 2.45) is 0 Å². The van der Waals surface area contributed by atoms with Gasteiger partial charge in [0.05, 0.1) is 17.6 Å². The SMILES string of the molecule is CC.CCOC(=O)C1(C)CCCc2sc(N)c(C#N)c21. The number of fused-ring (bicyclic) bond motifs is 1. The predicted molar refractivity (Wildman–Crippen MR) is 81.7 cm³/mol. The van der Waals surface area contributed by atoms with Gasteiger partial charge >= 0.3 is 5.97 Å². The van der Waals surface area contributed by atoms with Crippen LogP contribution in [0, 0.1) is 11.3 Å². The zero-order valence-electron chi connectivity index (χ0n) is 12.6. The van der Waals surface area contributed by atoms with Crippen molar-refractivity contribution in [1.29, 1.82) is 5.26 Å². The predicted octanol–water partition coefficient (Wildman–Crippen LogP) is 3.39. The smallest absolute Gasteiger partial charge is 0.316 e. The fourth-order valence-electron chi connectivity index (χ4n) is 2.59. The molecule has 1 aliphatic rings. The Labute approximate surface area is 124 Å². The van der Waals surface area contributed by atoms with E-state index in [1.165, 1.54) is 11.3 Å². The standard InChI is InChI=1S/C13H16N2O2S.C2H6/c1-3-17-12(16)13(2)6-4-5-9-10(13)8(7-14)11(15)18-9;1-2/h3-6,15H2,1-2H3;1-2H3. The molecule has 0 saturated carbocycles. The number of hydrogen-bond acceptors (Lipinski definition) is 5. The molecule has 110 valence electrons. The number of ether oxygens (including phenoxy) is 1. The van der Waals surface area contributed by atoms with Gasteiger partial charge in [0.25, 0.3) is 0 Å². The lowest BCUT2D eigenvalue weighted by atomic mass is 9.72. The van der Waals surface area contributed by atoms with Gasteiger partial charge in [0, 0.05) is 10.4 Å². The zero-order chi connectivity index (χ0) is 15.3. The van der Waals surface area contributed by atoms with Crippen molar-refractivity contribution >= 4 is 22.3 Å². The average molecular weight is 294 g/mol. The number of carbonyl (C=O) groups is 1. The molecule has 0 saturated heterocycles. The minimum absolute atomic E-state index is 0.250. The molecule has 1 aliphatic carbocycles. The van der Waals surface area contributed by atoms with Gasteiger partial charge in [-0.3, -0.25) is 4.79 Å². The second-order valence-electron chi connectivity index (χ2n) is 4.66. The third-order valence-corrected chi connectivity index (χ3v) is 4.56. The van der Waals surface area contributed by atoms with Crippen molar-refractivity contribution in [1.82, 2.24) is 0 Å². The number of nitrogens with two attached hydrogens (primary N) is 1. The normalized spacial score (nSPS) is 20.1. The van der Waals surface area contributed by atoms with Crippen LogP contribution in [0.3, 0.4) is 0 Å². The Morgan fingerprint density at radius 2 is 2.20 bits per heavy atom. The largest absolute Gasteiger partial charge is 0.465 e. The molecule has 0 amide bonds. The first-order valence-electron chi connectivity index (χ1n) is 7.03. The number of nitrogen functional groups attached to an aromatic ring is 1. The van der Waals surface area contributed by atoms with E-state index in [1.807, 2.05) is 20.8 Å². The first-order valence-corrected chi connectivity index (χ1v) is 7.85. The van der Waals surface area contributed by atoms with E-state index in [0.717, 1.165) is 23.3 Å². The summed E-state index contributed by atoms with van der Waals surface area (Å²) in [6.07, 6.45) is 2.53. The van der Waals surface area contributed by atoms with Crippen LogP contribution in [0.4, 0.5) is 5.00 Å². The molecule has 5 heteroatoms. The monoisotopic (exact) mass is 294 g/mol. The number of aryl methyl sites for hydroxylation is 1. The molecule has 1 unspecified atom stereocenters. The highest BCUT2D eigenvalue weighted by molar-refractivity contribution is 7.16. The number of esters is 1. The molecule has 2 rings (SSSR count). The van der Waals surface area contributed by atoms with Gasteiger partial charge in [0.1, 0.15) is 11.1 Å². The highest BCUT2D eigenvalue weighted by atomic mass is 32.1. The lowest BCUT2D eigenvalue weighted by molar-refractivity contribution is -0.150. The van der Waals surface area contributed by atoms with E-state index in [1.54, 1.807) is 6.92 Å². The van der Waals surface area contributed by atoms with Crippen molar-refractivity contribution in [2.75, 3.05) is 12.3 Å². The van der Waals surface area contributed by atoms with E-state index >= 15 is 0 Å². The van der Waals surface area contributed by atoms with Crippen LogP contribution in [0.15, 0.2) is 0 Å². The van der Waals surface area contributed by atoms with Crippen LogP contribution < -0.4 is 5.73 Å². The second kappa shape index (κ2) is 6.76. The van der Waals surface area contributed by atoms with Crippen LogP contribution in [-0.4, -0.2) is 12.6 Å². The summed E-state index contributed by atoms with van der Waals surface area (Å²) in [6, 6.07) is 2.13. The van der Waals surface area contributed by atoms with Crippen LogP contribution in [0.2, 0.25) is 0 Å². The van der Waals surface area contributed by atoms with Crippen LogP contribution >= 0.6 is 11.3 Å². The molecule has 0 bridgehead atoms. The minimum Gasteiger partial charge on any atom is -0.465 e. The maximum Gasteiger partial charge on any atom is 0.316 e. The minimum atomic E-state index is -0.719. The van der Waals surface area contributed by atoms with E-state index in [2.05, 4.69) is 6.07 Å². The van der Waals surface area contributed by atoms with Gasteiger partial charge in [0.15, 0.2) is 0 Å². The Kier molecular flexibility index (Phi) is 5.58. The Balaban J connectivity index is 0.000000956. The molecule has 1 atom stereocenters. The molecule has 1 aromatic rings. The summed E-state index contributed by atoms with van der Waals surface area (Å²) in [4.78, 5) is 13.3. The quantitative estimate of drug-likeness (QED) is 0.848. The number of carbonyl (C=O) groups excluding carboxylic acids is 1. The Hall–Kier alpha value is -1.54. The van der Waals surface area contributed by atoms with Gasteiger partial charge in [0.2, 0.25) is 0 Å². The fourth-order valence-corrected chi connectivity index (χ4v) is 3.78. The van der Waals surface area contributed by atoms with Crippen molar-refractivity contribution in [3.63, 3.8) is 0 Å². The first-order chi connectivity index (χ1) is 9.54. The highest BCUT2D eigenvalue weighted by Crippen LogP contribution is 2.46. The average Bonchev–Trinajstić information content (AvgIpc) is 2.78. The van der Waals surface area contributed by atoms with E-state index in [0.29, 0.717) is 23.6 Å². The summed E-state index contributed by atoms with van der Waals surface area (Å²) in [5.41, 5.74) is 6.42. The highest BCUT2D eigenvalue weighted by Gasteiger charge is 2.44. The van der Waals surface area contributed by atoms with Crippen molar-refractivity contribution in [3.05, 3.63) is 16.0 Å². The summed E-state index contributed by atoms with van der Waals surface area (Å²) in [7, 11) is 0. The van der Waals surface area contributed by atoms with Gasteiger partial charge in [-0.1, -0.05) is 13.8 Å². The van der Waals surface area contributed by atoms with E-state index in [4.69, 9.17) is 10.5 Å². The summed E-state index contributed by atoms with van der Waals surface area (Å²) in [6.45, 7) is 8.00. The lowest BCUT2D eigenvalue weighted by Gasteiger charge is -2.31. The first kappa shape index (κ1) is 16.5. The van der Waals surface area contributed by atoms with Gasteiger partial charge in [-0.25, -0.2) is 0 Å². The van der Waals surface area contributed by atoms with E-state index < -0.39 is 5.41 Å². The third-order valence-electron chi connectivity index (χ3n) is 3.48. The Morgan fingerprint density at radius 1 is 1.55 bits per heavy atom. The number of nitrogens with zero attached hydrogens (tertiary/aromatic N) is 1. The van der Waals surface area contributed by atoms with Crippen molar-refractivity contribution in [2.45, 2.75) is 52.4 Å². The lowest BCUT2D eigenvalue weighted by Crippen LogP contribution is -2.37. The summed E-state index contributed by atoms with van der Waals surface area (Å²) >= 11 is 1.43. The molecule has 0 fully saturated rings. The van der Waals surface area contributed by atoms with Crippen LogP contribution in [0.1, 0.15) is 56.5 Å². The Bertz CT molecular complexity index is 531. The van der Waals surface area contributed by atoms with Crippen LogP contribution in [-0.2, 0) is 21.4 Å². The van der Waals surface area contributed by atoms with E-state index in [-0.39, 0.29) is 5.97 Å². The molecule has 0 aliphatic heterocycles. The zero-order valence-corrected chi connectivity index (χ0v) is 13.4. The third kappa shape index (κ3) is 2.66. The molecule has 20 heavy (non-hydrogen) atoms. The topological polar surface area (TPSA) is 76.1 Å². The summed E-state index contributed by atoms with van der Waals surface area (Å²) < 4.78 is 5.17. The van der Waals surface area contributed by atoms with Gasteiger partial charge < -0.3 is 10.5 Å². The summed E-state index contributed by atoms with van der Waals surface area (Å²) in [5, 5.41) is 9.75. The Morgan fingerprint density at radius 3 is 2.75 bits per heavy atom. The molecule has 0 spiro atoms. The number of anilines is 1.